The van der Waals surface area contributed by atoms with Crippen LogP contribution in [0.15, 0.2) is 36.4 Å². The molecule has 2 nitrogen and oxygen atoms in total. The molecule has 70 valence electrons. The van der Waals surface area contributed by atoms with Gasteiger partial charge in [0.25, 0.3) is 0 Å². The van der Waals surface area contributed by atoms with Crippen molar-refractivity contribution in [1.82, 2.24) is 0 Å². The van der Waals surface area contributed by atoms with E-state index in [0.717, 1.165) is 5.56 Å². The fourth-order valence-corrected chi connectivity index (χ4v) is 0.796. The van der Waals surface area contributed by atoms with Crippen molar-refractivity contribution < 1.29 is 47.3 Å². The molecular formula is C10H10ArO2. The molecule has 0 amide bonds. The van der Waals surface area contributed by atoms with E-state index in [9.17, 15) is 4.79 Å². The van der Waals surface area contributed by atoms with Crippen LogP contribution in [0.1, 0.15) is 5.56 Å². The Morgan fingerprint density at radius 2 is 1.92 bits per heavy atom. The van der Waals surface area contributed by atoms with E-state index in [1.165, 1.54) is 13.2 Å². The Morgan fingerprint density at radius 3 is 2.46 bits per heavy atom. The van der Waals surface area contributed by atoms with Crippen molar-refractivity contribution in [1.29, 1.82) is 0 Å². The molecular weight excluding hydrogens is 192 g/mol. The van der Waals surface area contributed by atoms with Crippen LogP contribution in [0.25, 0.3) is 6.08 Å². The van der Waals surface area contributed by atoms with Gasteiger partial charge in [-0.15, -0.1) is 0 Å². The van der Waals surface area contributed by atoms with Gasteiger partial charge in [-0.25, -0.2) is 4.79 Å². The van der Waals surface area contributed by atoms with Crippen molar-refractivity contribution in [2.24, 2.45) is 0 Å². The summed E-state index contributed by atoms with van der Waals surface area (Å²) < 4.78 is 4.45. The van der Waals surface area contributed by atoms with Crippen LogP contribution in [0, 0.1) is 37.7 Å². The molecule has 0 heterocycles. The first-order valence-corrected chi connectivity index (χ1v) is 3.64. The van der Waals surface area contributed by atoms with Crippen molar-refractivity contribution in [2.75, 3.05) is 7.11 Å². The van der Waals surface area contributed by atoms with E-state index in [2.05, 4.69) is 4.74 Å². The van der Waals surface area contributed by atoms with E-state index in [4.69, 9.17) is 0 Å². The molecule has 1 aromatic rings. The maximum Gasteiger partial charge on any atom is 0.330 e. The van der Waals surface area contributed by atoms with Crippen LogP contribution >= 0.6 is 0 Å². The number of esters is 1. The number of benzene rings is 1. The Labute approximate surface area is 108 Å². The van der Waals surface area contributed by atoms with Gasteiger partial charge in [-0.2, -0.15) is 0 Å². The average molecular weight is 202 g/mol. The van der Waals surface area contributed by atoms with E-state index in [1.54, 1.807) is 6.08 Å². The minimum absolute atomic E-state index is 0. The van der Waals surface area contributed by atoms with Crippen LogP contribution < -0.4 is 0 Å². The normalized spacial score (nSPS) is 9.31. The Kier molecular flexibility index (Phi) is 6.96. The topological polar surface area (TPSA) is 26.3 Å². The molecule has 1 aromatic carbocycles. The molecule has 1 rings (SSSR count). The zero-order chi connectivity index (χ0) is 8.81. The van der Waals surface area contributed by atoms with Crippen LogP contribution in [0.4, 0.5) is 0 Å². The number of ether oxygens (including phenoxy) is 1. The first-order valence-electron chi connectivity index (χ1n) is 3.64. The number of carbonyl (C=O) groups excluding carboxylic acids is 1. The number of rotatable bonds is 2. The molecule has 0 radical (unpaired) electrons. The monoisotopic (exact) mass is 202 g/mol. The predicted octanol–water partition coefficient (Wildman–Crippen LogP) is 1.87. The van der Waals surface area contributed by atoms with Crippen molar-refractivity contribution in [2.45, 2.75) is 0 Å². The van der Waals surface area contributed by atoms with Gasteiger partial charge >= 0.3 is 5.97 Å². The molecule has 0 unspecified atom stereocenters. The van der Waals surface area contributed by atoms with Gasteiger partial charge in [-0.3, -0.25) is 0 Å². The average Bonchev–Trinajstić information content (AvgIpc) is 2.16. The summed E-state index contributed by atoms with van der Waals surface area (Å²) in [6.45, 7) is 0. The molecule has 0 aliphatic carbocycles. The number of carbonyl (C=O) groups is 1. The molecule has 13 heavy (non-hydrogen) atoms. The predicted molar refractivity (Wildman–Crippen MR) is 47.5 cm³/mol. The van der Waals surface area contributed by atoms with Crippen molar-refractivity contribution in [3.05, 3.63) is 42.0 Å². The van der Waals surface area contributed by atoms with Gasteiger partial charge < -0.3 is 4.74 Å². The summed E-state index contributed by atoms with van der Waals surface area (Å²) in [4.78, 5) is 10.7. The van der Waals surface area contributed by atoms with Crippen LogP contribution in [-0.4, -0.2) is 13.1 Å². The molecule has 0 fully saturated rings. The van der Waals surface area contributed by atoms with Crippen LogP contribution in [0.5, 0.6) is 0 Å². The van der Waals surface area contributed by atoms with E-state index < -0.39 is 0 Å². The Bertz CT molecular complexity index is 280. The smallest absolute Gasteiger partial charge is 0.330 e. The largest absolute Gasteiger partial charge is 0.466 e. The zero-order valence-electron chi connectivity index (χ0n) is 7.21. The van der Waals surface area contributed by atoms with E-state index in [-0.39, 0.29) is 43.7 Å². The summed E-state index contributed by atoms with van der Waals surface area (Å²) in [5.41, 5.74) is 0.989. The van der Waals surface area contributed by atoms with Gasteiger partial charge in [-0.05, 0) is 11.6 Å². The van der Waals surface area contributed by atoms with E-state index in [1.807, 2.05) is 30.3 Å². The number of methoxy groups -OCH3 is 1. The molecule has 0 spiro atoms. The first kappa shape index (κ1) is 12.7. The quantitative estimate of drug-likeness (QED) is 0.540. The summed E-state index contributed by atoms with van der Waals surface area (Å²) in [6.07, 6.45) is 3.11. The van der Waals surface area contributed by atoms with Crippen LogP contribution in [0.2, 0.25) is 0 Å². The summed E-state index contributed by atoms with van der Waals surface area (Å²) >= 11 is 0. The van der Waals surface area contributed by atoms with Gasteiger partial charge in [0, 0.05) is 43.8 Å². The summed E-state index contributed by atoms with van der Waals surface area (Å²) in [5.74, 6) is -0.334. The molecule has 0 atom stereocenters. The minimum Gasteiger partial charge on any atom is -0.466 e. The van der Waals surface area contributed by atoms with Gasteiger partial charge in [0.2, 0.25) is 0 Å². The van der Waals surface area contributed by atoms with Crippen LogP contribution in [-0.2, 0) is 9.53 Å². The molecule has 3 heteroatoms. The van der Waals surface area contributed by atoms with E-state index in [0.29, 0.717) is 0 Å². The van der Waals surface area contributed by atoms with Gasteiger partial charge in [0.05, 0.1) is 7.11 Å². The summed E-state index contributed by atoms with van der Waals surface area (Å²) in [5, 5.41) is 0. The molecule has 0 N–H and O–H groups in total. The Morgan fingerprint density at radius 1 is 1.31 bits per heavy atom. The van der Waals surface area contributed by atoms with Gasteiger partial charge in [0.1, 0.15) is 0 Å². The third-order valence-corrected chi connectivity index (χ3v) is 1.41. The summed E-state index contributed by atoms with van der Waals surface area (Å²) in [7, 11) is 1.36. The van der Waals surface area contributed by atoms with Crippen LogP contribution in [0.3, 0.4) is 0 Å². The molecule has 0 aromatic heterocycles. The third kappa shape index (κ3) is 5.09. The fraction of sp³-hybridized carbons (Fsp3) is 0.100. The molecule has 0 saturated heterocycles. The second kappa shape index (κ2) is 7.13. The maximum atomic E-state index is 10.7. The third-order valence-electron chi connectivity index (χ3n) is 1.41. The fourth-order valence-electron chi connectivity index (χ4n) is 0.796. The SMILES string of the molecule is COC(=O)/C=C\c1ccccc1.[Ar]. The Hall–Kier alpha value is -0.310. The van der Waals surface area contributed by atoms with Gasteiger partial charge in [-0.1, -0.05) is 30.3 Å². The molecule has 0 aliphatic rings. The van der Waals surface area contributed by atoms with E-state index >= 15 is 0 Å². The van der Waals surface area contributed by atoms with Crippen molar-refractivity contribution >= 4 is 12.0 Å². The number of hydrogen-bond donors (Lipinski definition) is 0. The number of hydrogen-bond acceptors (Lipinski definition) is 2. The van der Waals surface area contributed by atoms with Crippen molar-refractivity contribution in [3.63, 3.8) is 0 Å². The standard InChI is InChI=1S/C10H10O2.Ar/c1-12-10(11)8-7-9-5-3-2-4-6-9;/h2-8H,1H3;/b8-7-;. The summed E-state index contributed by atoms with van der Waals surface area (Å²) in [6, 6.07) is 9.59. The Balaban J connectivity index is 0.00000144. The zero-order valence-corrected chi connectivity index (χ0v) is 7.92. The van der Waals surface area contributed by atoms with Crippen molar-refractivity contribution in [3.8, 4) is 0 Å². The molecule has 0 saturated carbocycles. The minimum atomic E-state index is -0.334. The second-order valence-electron chi connectivity index (χ2n) is 2.27. The molecule has 0 bridgehead atoms. The maximum absolute atomic E-state index is 10.7. The molecule has 0 aliphatic heterocycles. The first-order chi connectivity index (χ1) is 5.83. The second-order valence-corrected chi connectivity index (χ2v) is 2.27. The van der Waals surface area contributed by atoms with Gasteiger partial charge in [0.15, 0.2) is 0 Å².